The van der Waals surface area contributed by atoms with Crippen molar-refractivity contribution in [3.8, 4) is 0 Å². The molecule has 10 nitrogen and oxygen atoms in total. The molecule has 2 heterocycles. The van der Waals surface area contributed by atoms with E-state index in [-0.39, 0.29) is 24.3 Å². The molecule has 0 aromatic carbocycles. The Labute approximate surface area is 137 Å². The fourth-order valence-corrected chi connectivity index (χ4v) is 2.09. The lowest BCUT2D eigenvalue weighted by Crippen LogP contribution is -2.36. The van der Waals surface area contributed by atoms with Crippen LogP contribution < -0.4 is 10.6 Å². The van der Waals surface area contributed by atoms with E-state index in [0.717, 1.165) is 18.6 Å². The van der Waals surface area contributed by atoms with Gasteiger partial charge in [0, 0.05) is 26.1 Å². The van der Waals surface area contributed by atoms with Crippen molar-refractivity contribution in [2.24, 2.45) is 0 Å². The predicted octanol–water partition coefficient (Wildman–Crippen LogP) is 0.636. The predicted molar refractivity (Wildman–Crippen MR) is 79.9 cm³/mol. The van der Waals surface area contributed by atoms with Gasteiger partial charge in [-0.3, -0.25) is 4.79 Å². The fraction of sp³-hybridized carbons (Fsp3) is 0.500. The maximum atomic E-state index is 12.1. The molecule has 2 N–H and O–H groups in total. The Bertz CT molecular complexity index is 735. The summed E-state index contributed by atoms with van der Waals surface area (Å²) >= 11 is 0. The van der Waals surface area contributed by atoms with E-state index in [4.69, 9.17) is 9.05 Å². The molecule has 128 valence electrons. The van der Waals surface area contributed by atoms with Crippen LogP contribution in [0, 0.1) is 0 Å². The Balaban J connectivity index is 1.48. The van der Waals surface area contributed by atoms with Crippen LogP contribution in [0.15, 0.2) is 15.1 Å². The fourth-order valence-electron chi connectivity index (χ4n) is 2.09. The maximum absolute atomic E-state index is 12.1. The van der Waals surface area contributed by atoms with Gasteiger partial charge in [0.15, 0.2) is 0 Å². The number of hydrogen-bond donors (Lipinski definition) is 2. The van der Waals surface area contributed by atoms with Crippen molar-refractivity contribution in [3.05, 3.63) is 29.2 Å². The average molecular weight is 334 g/mol. The van der Waals surface area contributed by atoms with E-state index in [1.165, 1.54) is 11.9 Å². The van der Waals surface area contributed by atoms with E-state index in [1.54, 1.807) is 7.05 Å². The van der Waals surface area contributed by atoms with Crippen molar-refractivity contribution in [3.63, 3.8) is 0 Å². The number of amides is 3. The van der Waals surface area contributed by atoms with Gasteiger partial charge >= 0.3 is 6.03 Å². The normalized spacial score (nSPS) is 13.6. The molecule has 3 amide bonds. The first-order valence-electron chi connectivity index (χ1n) is 7.56. The van der Waals surface area contributed by atoms with Gasteiger partial charge in [-0.1, -0.05) is 10.3 Å². The number of urea groups is 1. The Morgan fingerprint density at radius 1 is 1.33 bits per heavy atom. The molecular weight excluding hydrogens is 316 g/mol. The van der Waals surface area contributed by atoms with Crippen LogP contribution in [0.2, 0.25) is 0 Å². The van der Waals surface area contributed by atoms with Crippen molar-refractivity contribution in [2.45, 2.75) is 31.8 Å². The number of nitrogens with one attached hydrogen (secondary N) is 2. The highest BCUT2D eigenvalue weighted by Crippen LogP contribution is 2.40. The lowest BCUT2D eigenvalue weighted by atomic mass is 10.3. The van der Waals surface area contributed by atoms with E-state index in [1.807, 2.05) is 6.07 Å². The van der Waals surface area contributed by atoms with Crippen LogP contribution in [0.5, 0.6) is 0 Å². The molecule has 1 saturated carbocycles. The molecule has 0 radical (unpaired) electrons. The van der Waals surface area contributed by atoms with E-state index in [0.29, 0.717) is 18.2 Å². The second kappa shape index (κ2) is 6.69. The monoisotopic (exact) mass is 334 g/mol. The van der Waals surface area contributed by atoms with Gasteiger partial charge in [0.25, 0.3) is 11.7 Å². The standard InChI is InChI=1S/C14H18N6O4/c1-15-13(21)12-17-11(24-19-12)6-16-14(22)20(2)7-9-5-10(23-18-9)8-3-4-8/h5,8H,3-4,6-7H2,1-2H3,(H,15,21)(H,16,22). The summed E-state index contributed by atoms with van der Waals surface area (Å²) in [4.78, 5) is 28.7. The summed E-state index contributed by atoms with van der Waals surface area (Å²) in [6.45, 7) is 0.356. The minimum atomic E-state index is -0.453. The molecule has 0 atom stereocenters. The Morgan fingerprint density at radius 3 is 2.83 bits per heavy atom. The number of hydrogen-bond acceptors (Lipinski definition) is 7. The summed E-state index contributed by atoms with van der Waals surface area (Å²) in [5.74, 6) is 0.980. The molecule has 1 aliphatic rings. The molecular formula is C14H18N6O4. The number of rotatable bonds is 6. The summed E-state index contributed by atoms with van der Waals surface area (Å²) in [5, 5.41) is 12.5. The quantitative estimate of drug-likeness (QED) is 0.793. The van der Waals surface area contributed by atoms with Gasteiger partial charge in [-0.25, -0.2) is 4.79 Å². The molecule has 0 saturated heterocycles. The molecule has 2 aromatic heterocycles. The number of aromatic nitrogens is 3. The van der Waals surface area contributed by atoms with Crippen LogP contribution in [0.1, 0.15) is 46.7 Å². The largest absolute Gasteiger partial charge is 0.361 e. The molecule has 0 aliphatic heterocycles. The van der Waals surface area contributed by atoms with Gasteiger partial charge in [0.1, 0.15) is 11.5 Å². The van der Waals surface area contributed by atoms with Gasteiger partial charge in [0.2, 0.25) is 5.89 Å². The topological polar surface area (TPSA) is 126 Å². The highest BCUT2D eigenvalue weighted by molar-refractivity contribution is 5.89. The SMILES string of the molecule is CNC(=O)c1noc(CNC(=O)N(C)Cc2cc(C3CC3)on2)n1. The van der Waals surface area contributed by atoms with Crippen molar-refractivity contribution < 1.29 is 18.6 Å². The second-order valence-corrected chi connectivity index (χ2v) is 5.60. The van der Waals surface area contributed by atoms with Crippen molar-refractivity contribution in [1.82, 2.24) is 30.8 Å². The third-order valence-corrected chi connectivity index (χ3v) is 3.59. The molecule has 2 aromatic rings. The zero-order chi connectivity index (χ0) is 17.1. The first-order chi connectivity index (χ1) is 11.6. The van der Waals surface area contributed by atoms with Crippen LogP contribution in [0.4, 0.5) is 4.79 Å². The van der Waals surface area contributed by atoms with Gasteiger partial charge in [-0.15, -0.1) is 0 Å². The number of nitrogens with zero attached hydrogens (tertiary/aromatic N) is 4. The van der Waals surface area contributed by atoms with Gasteiger partial charge < -0.3 is 24.6 Å². The summed E-state index contributed by atoms with van der Waals surface area (Å²) in [5.41, 5.74) is 0.703. The Hall–Kier alpha value is -2.91. The average Bonchev–Trinajstić information content (AvgIpc) is 3.14. The van der Waals surface area contributed by atoms with Gasteiger partial charge in [0.05, 0.1) is 13.1 Å². The first kappa shape index (κ1) is 16.0. The minimum absolute atomic E-state index is 0.0271. The summed E-state index contributed by atoms with van der Waals surface area (Å²) < 4.78 is 10.1. The van der Waals surface area contributed by atoms with Crippen molar-refractivity contribution in [2.75, 3.05) is 14.1 Å². The smallest absolute Gasteiger partial charge is 0.317 e. The zero-order valence-electron chi connectivity index (χ0n) is 13.4. The third-order valence-electron chi connectivity index (χ3n) is 3.59. The Morgan fingerprint density at radius 2 is 2.12 bits per heavy atom. The summed E-state index contributed by atoms with van der Waals surface area (Å²) in [6, 6.07) is 1.56. The lowest BCUT2D eigenvalue weighted by Gasteiger charge is -2.15. The number of carbonyl (C=O) groups is 2. The minimum Gasteiger partial charge on any atom is -0.361 e. The molecule has 24 heavy (non-hydrogen) atoms. The maximum Gasteiger partial charge on any atom is 0.317 e. The number of carbonyl (C=O) groups excluding carboxylic acids is 2. The summed E-state index contributed by atoms with van der Waals surface area (Å²) in [6.07, 6.45) is 2.26. The molecule has 10 heteroatoms. The van der Waals surface area contributed by atoms with E-state index in [2.05, 4.69) is 25.9 Å². The van der Waals surface area contributed by atoms with E-state index < -0.39 is 5.91 Å². The van der Waals surface area contributed by atoms with Crippen LogP contribution in [-0.4, -0.2) is 46.2 Å². The van der Waals surface area contributed by atoms with Crippen molar-refractivity contribution in [1.29, 1.82) is 0 Å². The van der Waals surface area contributed by atoms with E-state index in [9.17, 15) is 9.59 Å². The molecule has 0 unspecified atom stereocenters. The molecule has 3 rings (SSSR count). The second-order valence-electron chi connectivity index (χ2n) is 5.60. The highest BCUT2D eigenvalue weighted by Gasteiger charge is 2.28. The summed E-state index contributed by atoms with van der Waals surface area (Å²) in [7, 11) is 3.11. The van der Waals surface area contributed by atoms with Crippen LogP contribution in [-0.2, 0) is 13.1 Å². The van der Waals surface area contributed by atoms with Gasteiger partial charge in [-0.05, 0) is 12.8 Å². The third kappa shape index (κ3) is 3.70. The van der Waals surface area contributed by atoms with Gasteiger partial charge in [-0.2, -0.15) is 4.98 Å². The van der Waals surface area contributed by atoms with Crippen LogP contribution in [0.3, 0.4) is 0 Å². The van der Waals surface area contributed by atoms with Crippen LogP contribution in [0.25, 0.3) is 0 Å². The first-order valence-corrected chi connectivity index (χ1v) is 7.56. The molecule has 0 bridgehead atoms. The molecule has 1 fully saturated rings. The molecule has 1 aliphatic carbocycles. The van der Waals surface area contributed by atoms with E-state index >= 15 is 0 Å². The molecule has 0 spiro atoms. The van der Waals surface area contributed by atoms with Crippen molar-refractivity contribution >= 4 is 11.9 Å². The van der Waals surface area contributed by atoms with Crippen LogP contribution >= 0.6 is 0 Å². The Kier molecular flexibility index (Phi) is 4.45. The zero-order valence-corrected chi connectivity index (χ0v) is 13.4. The highest BCUT2D eigenvalue weighted by atomic mass is 16.5. The lowest BCUT2D eigenvalue weighted by molar-refractivity contribution is 0.0950.